The maximum Gasteiger partial charge on any atom is 0.375 e. The summed E-state index contributed by atoms with van der Waals surface area (Å²) in [5.41, 5.74) is 6.54. The summed E-state index contributed by atoms with van der Waals surface area (Å²) in [7, 11) is 1.54. The molecule has 0 spiro atoms. The number of esters is 1. The minimum Gasteiger partial charge on any atom is -0.497 e. The lowest BCUT2D eigenvalue weighted by molar-refractivity contribution is -0.123. The van der Waals surface area contributed by atoms with E-state index in [-0.39, 0.29) is 11.3 Å². The van der Waals surface area contributed by atoms with Gasteiger partial charge in [0.2, 0.25) is 5.76 Å². The van der Waals surface area contributed by atoms with Crippen LogP contribution in [0.4, 0.5) is 5.00 Å². The molecule has 2 amide bonds. The maximum atomic E-state index is 12.5. The average Bonchev–Trinajstić information content (AvgIpc) is 3.26. The van der Waals surface area contributed by atoms with Gasteiger partial charge >= 0.3 is 5.97 Å². The number of methoxy groups -OCH3 is 1. The molecule has 9 heteroatoms. The van der Waals surface area contributed by atoms with Gasteiger partial charge in [0.25, 0.3) is 11.8 Å². The van der Waals surface area contributed by atoms with Gasteiger partial charge in [-0.15, -0.1) is 11.3 Å². The highest BCUT2D eigenvalue weighted by molar-refractivity contribution is 7.14. The number of aryl methyl sites for hydroxylation is 1. The first-order valence-corrected chi connectivity index (χ1v) is 9.16. The van der Waals surface area contributed by atoms with Gasteiger partial charge in [0.1, 0.15) is 16.3 Å². The van der Waals surface area contributed by atoms with E-state index in [1.165, 1.54) is 13.0 Å². The molecule has 0 saturated heterocycles. The number of thiophene rings is 1. The molecule has 3 N–H and O–H groups in total. The largest absolute Gasteiger partial charge is 0.497 e. The lowest BCUT2D eigenvalue weighted by Crippen LogP contribution is -2.30. The minimum absolute atomic E-state index is 0.0110. The Balaban J connectivity index is 1.74. The van der Waals surface area contributed by atoms with Gasteiger partial charge in [-0.2, -0.15) is 0 Å². The third-order valence-corrected chi connectivity index (χ3v) is 4.98. The van der Waals surface area contributed by atoms with E-state index in [2.05, 4.69) is 5.32 Å². The van der Waals surface area contributed by atoms with Crippen LogP contribution in [0, 0.1) is 6.92 Å². The Bertz CT molecular complexity index is 1070. The number of benzene rings is 1. The van der Waals surface area contributed by atoms with E-state index in [4.69, 9.17) is 19.6 Å². The van der Waals surface area contributed by atoms with Crippen molar-refractivity contribution in [1.29, 1.82) is 0 Å². The quantitative estimate of drug-likeness (QED) is 0.611. The minimum atomic E-state index is -1.11. The summed E-state index contributed by atoms with van der Waals surface area (Å²) in [6, 6.07) is 6.67. The highest BCUT2D eigenvalue weighted by atomic mass is 32.1. The monoisotopic (exact) mass is 402 g/mol. The Labute approximate surface area is 164 Å². The number of carbonyl (C=O) groups excluding carboxylic acids is 3. The maximum absolute atomic E-state index is 12.5. The molecule has 8 nitrogen and oxygen atoms in total. The second-order valence-corrected chi connectivity index (χ2v) is 6.90. The Morgan fingerprint density at radius 1 is 1.25 bits per heavy atom. The van der Waals surface area contributed by atoms with Gasteiger partial charge < -0.3 is 24.9 Å². The van der Waals surface area contributed by atoms with E-state index in [0.717, 1.165) is 11.3 Å². The van der Waals surface area contributed by atoms with Gasteiger partial charge in [0.15, 0.2) is 6.10 Å². The third kappa shape index (κ3) is 3.70. The molecule has 0 aliphatic carbocycles. The summed E-state index contributed by atoms with van der Waals surface area (Å²) in [6.07, 6.45) is -1.11. The molecule has 1 aromatic carbocycles. The van der Waals surface area contributed by atoms with Crippen molar-refractivity contribution in [3.63, 3.8) is 0 Å². The van der Waals surface area contributed by atoms with Gasteiger partial charge in [-0.05, 0) is 43.5 Å². The average molecular weight is 402 g/mol. The number of rotatable bonds is 6. The van der Waals surface area contributed by atoms with Crippen LogP contribution in [0.3, 0.4) is 0 Å². The fourth-order valence-electron chi connectivity index (χ4n) is 2.60. The predicted molar refractivity (Wildman–Crippen MR) is 104 cm³/mol. The van der Waals surface area contributed by atoms with E-state index in [0.29, 0.717) is 27.3 Å². The van der Waals surface area contributed by atoms with Crippen molar-refractivity contribution in [2.45, 2.75) is 20.0 Å². The van der Waals surface area contributed by atoms with Crippen LogP contribution in [0.1, 0.15) is 33.4 Å². The number of ether oxygens (including phenoxy) is 2. The third-order valence-electron chi connectivity index (χ3n) is 4.15. The smallest absolute Gasteiger partial charge is 0.375 e. The summed E-state index contributed by atoms with van der Waals surface area (Å²) in [6.45, 7) is 3.14. The van der Waals surface area contributed by atoms with E-state index in [9.17, 15) is 14.4 Å². The van der Waals surface area contributed by atoms with Crippen LogP contribution in [-0.2, 0) is 9.53 Å². The first kappa shape index (κ1) is 19.4. The Morgan fingerprint density at radius 2 is 2.00 bits per heavy atom. The summed E-state index contributed by atoms with van der Waals surface area (Å²) in [5, 5.41) is 5.18. The molecule has 0 saturated carbocycles. The van der Waals surface area contributed by atoms with E-state index in [1.807, 2.05) is 0 Å². The topological polar surface area (TPSA) is 121 Å². The van der Waals surface area contributed by atoms with Gasteiger partial charge in [0, 0.05) is 10.9 Å². The van der Waals surface area contributed by atoms with Gasteiger partial charge in [-0.1, -0.05) is 0 Å². The predicted octanol–water partition coefficient (Wildman–Crippen LogP) is 3.09. The normalized spacial score (nSPS) is 11.8. The Morgan fingerprint density at radius 3 is 2.68 bits per heavy atom. The molecule has 0 fully saturated rings. The van der Waals surface area contributed by atoms with Gasteiger partial charge in [-0.25, -0.2) is 4.79 Å². The number of fused-ring (bicyclic) bond motifs is 1. The zero-order valence-electron chi connectivity index (χ0n) is 15.4. The molecule has 3 aromatic rings. The standard InChI is InChI=1S/C19H18N2O6S/c1-9-13-8-11(25-3)4-5-14(13)27-15(9)19(24)26-10(2)17(23)21-18-12(16(20)22)6-7-28-18/h4-8,10H,1-3H3,(H2,20,22)(H,21,23)/t10-/m0/s1. The van der Waals surface area contributed by atoms with Crippen molar-refractivity contribution in [3.05, 3.63) is 46.5 Å². The Kier molecular flexibility index (Phi) is 5.36. The van der Waals surface area contributed by atoms with Crippen LogP contribution in [0.15, 0.2) is 34.1 Å². The van der Waals surface area contributed by atoms with Crippen LogP contribution >= 0.6 is 11.3 Å². The second kappa shape index (κ2) is 7.73. The molecule has 0 radical (unpaired) electrons. The number of carbonyl (C=O) groups is 3. The number of amides is 2. The fourth-order valence-corrected chi connectivity index (χ4v) is 3.40. The molecule has 3 rings (SSSR count). The molecule has 0 aliphatic heterocycles. The SMILES string of the molecule is COc1ccc2oc(C(=O)O[C@@H](C)C(=O)Nc3sccc3C(N)=O)c(C)c2c1. The number of hydrogen-bond acceptors (Lipinski definition) is 7. The van der Waals surface area contributed by atoms with Crippen molar-refractivity contribution < 1.29 is 28.3 Å². The van der Waals surface area contributed by atoms with Crippen molar-refractivity contribution >= 4 is 45.1 Å². The molecule has 28 heavy (non-hydrogen) atoms. The van der Waals surface area contributed by atoms with Crippen LogP contribution in [0.5, 0.6) is 5.75 Å². The highest BCUT2D eigenvalue weighted by Crippen LogP contribution is 2.29. The molecule has 0 unspecified atom stereocenters. The first-order chi connectivity index (χ1) is 13.3. The number of furan rings is 1. The lowest BCUT2D eigenvalue weighted by Gasteiger charge is -2.12. The van der Waals surface area contributed by atoms with E-state index in [1.54, 1.807) is 37.6 Å². The van der Waals surface area contributed by atoms with E-state index < -0.39 is 23.9 Å². The van der Waals surface area contributed by atoms with Crippen molar-refractivity contribution in [2.75, 3.05) is 12.4 Å². The van der Waals surface area contributed by atoms with Crippen LogP contribution in [0.25, 0.3) is 11.0 Å². The summed E-state index contributed by atoms with van der Waals surface area (Å²) < 4.78 is 16.0. The zero-order chi connectivity index (χ0) is 20.4. The van der Waals surface area contributed by atoms with Gasteiger partial charge in [-0.3, -0.25) is 9.59 Å². The molecule has 2 aromatic heterocycles. The second-order valence-electron chi connectivity index (χ2n) is 5.98. The molecule has 2 heterocycles. The molecular weight excluding hydrogens is 384 g/mol. The van der Waals surface area contributed by atoms with Crippen molar-refractivity contribution in [2.24, 2.45) is 5.73 Å². The van der Waals surface area contributed by atoms with Crippen LogP contribution in [0.2, 0.25) is 0 Å². The fraction of sp³-hybridized carbons (Fsp3) is 0.211. The number of nitrogens with two attached hydrogens (primary N) is 1. The lowest BCUT2D eigenvalue weighted by atomic mass is 10.1. The number of primary amides is 1. The van der Waals surface area contributed by atoms with Gasteiger partial charge in [0.05, 0.1) is 12.7 Å². The number of anilines is 1. The number of nitrogens with one attached hydrogen (secondary N) is 1. The molecule has 0 aliphatic rings. The molecule has 146 valence electrons. The van der Waals surface area contributed by atoms with Crippen LogP contribution in [-0.4, -0.2) is 31.0 Å². The molecule has 0 bridgehead atoms. The van der Waals surface area contributed by atoms with Crippen molar-refractivity contribution in [3.8, 4) is 5.75 Å². The first-order valence-electron chi connectivity index (χ1n) is 8.28. The Hall–Kier alpha value is -3.33. The summed E-state index contributed by atoms with van der Waals surface area (Å²) in [4.78, 5) is 36.1. The summed E-state index contributed by atoms with van der Waals surface area (Å²) >= 11 is 1.14. The molecular formula is C19H18N2O6S. The van der Waals surface area contributed by atoms with Crippen molar-refractivity contribution in [1.82, 2.24) is 0 Å². The highest BCUT2D eigenvalue weighted by Gasteiger charge is 2.25. The molecule has 1 atom stereocenters. The van der Waals surface area contributed by atoms with E-state index >= 15 is 0 Å². The van der Waals surface area contributed by atoms with Crippen LogP contribution < -0.4 is 15.8 Å². The zero-order valence-corrected chi connectivity index (χ0v) is 16.2. The number of hydrogen-bond donors (Lipinski definition) is 2. The summed E-state index contributed by atoms with van der Waals surface area (Å²) in [5.74, 6) is -1.37.